The summed E-state index contributed by atoms with van der Waals surface area (Å²) < 4.78 is 24.5. The van der Waals surface area contributed by atoms with Crippen LogP contribution in [0.5, 0.6) is 0 Å². The van der Waals surface area contributed by atoms with E-state index in [2.05, 4.69) is 15.3 Å². The van der Waals surface area contributed by atoms with Crippen molar-refractivity contribution >= 4 is 27.4 Å². The average Bonchev–Trinajstić information content (AvgIpc) is 2.74. The number of rotatable bonds is 5. The molecular formula is C11H14F2N4S. The standard InChI is InChI=1S/C11H14F2N4S/c1-14-10-7-3-4-18-11(7)16-9(15-10)6-17(2)5-8(12)13/h3-4,8H,5-6H2,1-2H3,(H,14,15,16). The van der Waals surface area contributed by atoms with Crippen LogP contribution >= 0.6 is 11.3 Å². The lowest BCUT2D eigenvalue weighted by atomic mass is 10.3. The van der Waals surface area contributed by atoms with Crippen LogP contribution in [0.4, 0.5) is 14.6 Å². The van der Waals surface area contributed by atoms with Crippen molar-refractivity contribution in [3.63, 3.8) is 0 Å². The molecule has 0 aliphatic carbocycles. The van der Waals surface area contributed by atoms with Gasteiger partial charge in [0.15, 0.2) is 0 Å². The van der Waals surface area contributed by atoms with E-state index in [1.165, 1.54) is 16.2 Å². The van der Waals surface area contributed by atoms with E-state index >= 15 is 0 Å². The summed E-state index contributed by atoms with van der Waals surface area (Å²) in [6, 6.07) is 1.94. The van der Waals surface area contributed by atoms with E-state index in [0.29, 0.717) is 12.4 Å². The van der Waals surface area contributed by atoms with Gasteiger partial charge >= 0.3 is 0 Å². The molecule has 1 N–H and O–H groups in total. The van der Waals surface area contributed by atoms with Crippen LogP contribution in [-0.4, -0.2) is 41.9 Å². The van der Waals surface area contributed by atoms with Gasteiger partial charge in [-0.3, -0.25) is 4.90 Å². The van der Waals surface area contributed by atoms with Gasteiger partial charge in [0.2, 0.25) is 0 Å². The Morgan fingerprint density at radius 1 is 1.44 bits per heavy atom. The second kappa shape index (κ2) is 5.53. The fraction of sp³-hybridized carbons (Fsp3) is 0.455. The zero-order chi connectivity index (χ0) is 13.1. The lowest BCUT2D eigenvalue weighted by Gasteiger charge is -2.15. The van der Waals surface area contributed by atoms with E-state index in [1.807, 2.05) is 11.4 Å². The van der Waals surface area contributed by atoms with Crippen LogP contribution < -0.4 is 5.32 Å². The maximum absolute atomic E-state index is 12.2. The number of hydrogen-bond acceptors (Lipinski definition) is 5. The Balaban J connectivity index is 2.22. The first-order valence-electron chi connectivity index (χ1n) is 5.48. The van der Waals surface area contributed by atoms with Crippen molar-refractivity contribution in [2.45, 2.75) is 13.0 Å². The van der Waals surface area contributed by atoms with E-state index in [0.717, 1.165) is 16.0 Å². The number of halogens is 2. The molecule has 7 heteroatoms. The molecule has 2 aromatic heterocycles. The minimum absolute atomic E-state index is 0.277. The monoisotopic (exact) mass is 272 g/mol. The zero-order valence-electron chi connectivity index (χ0n) is 10.2. The number of fused-ring (bicyclic) bond motifs is 1. The Kier molecular flexibility index (Phi) is 4.03. The molecule has 0 aliphatic rings. The molecule has 0 atom stereocenters. The summed E-state index contributed by atoms with van der Waals surface area (Å²) in [5, 5.41) is 5.90. The normalized spacial score (nSPS) is 11.7. The lowest BCUT2D eigenvalue weighted by Crippen LogP contribution is -2.25. The number of anilines is 1. The topological polar surface area (TPSA) is 41.1 Å². The molecule has 18 heavy (non-hydrogen) atoms. The van der Waals surface area contributed by atoms with Gasteiger partial charge in [0, 0.05) is 7.05 Å². The predicted octanol–water partition coefficient (Wildman–Crippen LogP) is 2.43. The molecule has 0 saturated heterocycles. The predicted molar refractivity (Wildman–Crippen MR) is 69.3 cm³/mol. The molecule has 0 spiro atoms. The highest BCUT2D eigenvalue weighted by molar-refractivity contribution is 7.16. The number of aromatic nitrogens is 2. The fourth-order valence-corrected chi connectivity index (χ4v) is 2.49. The third-order valence-electron chi connectivity index (χ3n) is 2.47. The molecule has 0 fully saturated rings. The maximum atomic E-state index is 12.2. The van der Waals surface area contributed by atoms with Crippen LogP contribution in [0.2, 0.25) is 0 Å². The molecule has 2 rings (SSSR count). The Hall–Kier alpha value is -1.34. The number of hydrogen-bond donors (Lipinski definition) is 1. The summed E-state index contributed by atoms with van der Waals surface area (Å²) in [5.74, 6) is 1.29. The van der Waals surface area contributed by atoms with Gasteiger partial charge in [0.25, 0.3) is 6.43 Å². The first-order valence-corrected chi connectivity index (χ1v) is 6.36. The van der Waals surface area contributed by atoms with Crippen molar-refractivity contribution in [3.8, 4) is 0 Å². The van der Waals surface area contributed by atoms with E-state index in [-0.39, 0.29) is 6.54 Å². The minimum atomic E-state index is -2.34. The highest BCUT2D eigenvalue weighted by Crippen LogP contribution is 2.24. The van der Waals surface area contributed by atoms with Crippen molar-refractivity contribution in [2.24, 2.45) is 0 Å². The van der Waals surface area contributed by atoms with Crippen molar-refractivity contribution in [3.05, 3.63) is 17.3 Å². The Labute approximate surface area is 108 Å². The Morgan fingerprint density at radius 3 is 2.89 bits per heavy atom. The van der Waals surface area contributed by atoms with Gasteiger partial charge in [-0.1, -0.05) is 0 Å². The van der Waals surface area contributed by atoms with Crippen molar-refractivity contribution in [1.82, 2.24) is 14.9 Å². The quantitative estimate of drug-likeness (QED) is 0.907. The summed E-state index contributed by atoms with van der Waals surface area (Å²) in [4.78, 5) is 11.1. The molecule has 0 aliphatic heterocycles. The van der Waals surface area contributed by atoms with Gasteiger partial charge in [-0.05, 0) is 18.5 Å². The molecule has 0 aromatic carbocycles. The molecule has 0 saturated carbocycles. The molecule has 0 bridgehead atoms. The largest absolute Gasteiger partial charge is 0.372 e. The number of nitrogens with one attached hydrogen (secondary N) is 1. The number of alkyl halides is 2. The van der Waals surface area contributed by atoms with Crippen LogP contribution in [0.1, 0.15) is 5.82 Å². The third-order valence-corrected chi connectivity index (χ3v) is 3.28. The van der Waals surface area contributed by atoms with Gasteiger partial charge in [-0.15, -0.1) is 11.3 Å². The number of thiophene rings is 1. The summed E-state index contributed by atoms with van der Waals surface area (Å²) in [6.07, 6.45) is -2.34. The van der Waals surface area contributed by atoms with Crippen LogP contribution in [0.3, 0.4) is 0 Å². The first kappa shape index (κ1) is 13.1. The highest BCUT2D eigenvalue weighted by atomic mass is 32.1. The second-order valence-corrected chi connectivity index (χ2v) is 4.86. The van der Waals surface area contributed by atoms with E-state index in [9.17, 15) is 8.78 Å². The van der Waals surface area contributed by atoms with Crippen molar-refractivity contribution in [1.29, 1.82) is 0 Å². The van der Waals surface area contributed by atoms with Crippen molar-refractivity contribution in [2.75, 3.05) is 26.0 Å². The molecular weight excluding hydrogens is 258 g/mol. The molecule has 98 valence electrons. The average molecular weight is 272 g/mol. The van der Waals surface area contributed by atoms with Crippen molar-refractivity contribution < 1.29 is 8.78 Å². The maximum Gasteiger partial charge on any atom is 0.251 e. The molecule has 2 aromatic rings. The number of nitrogens with zero attached hydrogens (tertiary/aromatic N) is 3. The van der Waals surface area contributed by atoms with Gasteiger partial charge in [-0.2, -0.15) is 0 Å². The van der Waals surface area contributed by atoms with Crippen LogP contribution in [-0.2, 0) is 6.54 Å². The summed E-state index contributed by atoms with van der Waals surface area (Å²) in [6.45, 7) is 0.0353. The summed E-state index contributed by atoms with van der Waals surface area (Å²) >= 11 is 1.51. The second-order valence-electron chi connectivity index (χ2n) is 3.97. The van der Waals surface area contributed by atoms with Gasteiger partial charge in [0.05, 0.1) is 18.5 Å². The zero-order valence-corrected chi connectivity index (χ0v) is 11.0. The van der Waals surface area contributed by atoms with E-state index in [1.54, 1.807) is 14.1 Å². The first-order chi connectivity index (χ1) is 8.60. The SMILES string of the molecule is CNc1nc(CN(C)CC(F)F)nc2sccc12. The third kappa shape index (κ3) is 2.91. The molecule has 0 radical (unpaired) electrons. The lowest BCUT2D eigenvalue weighted by molar-refractivity contribution is 0.0966. The van der Waals surface area contributed by atoms with Gasteiger partial charge in [0.1, 0.15) is 16.5 Å². The van der Waals surface area contributed by atoms with E-state index < -0.39 is 6.43 Å². The summed E-state index contributed by atoms with van der Waals surface area (Å²) in [5.41, 5.74) is 0. The fourth-order valence-electron chi connectivity index (χ4n) is 1.70. The molecule has 0 amide bonds. The minimum Gasteiger partial charge on any atom is -0.372 e. The highest BCUT2D eigenvalue weighted by Gasteiger charge is 2.12. The van der Waals surface area contributed by atoms with Gasteiger partial charge in [-0.25, -0.2) is 18.7 Å². The van der Waals surface area contributed by atoms with E-state index in [4.69, 9.17) is 0 Å². The van der Waals surface area contributed by atoms with Gasteiger partial charge < -0.3 is 5.32 Å². The Morgan fingerprint density at radius 2 is 2.22 bits per heavy atom. The Bertz CT molecular complexity index is 529. The van der Waals surface area contributed by atoms with Crippen LogP contribution in [0.15, 0.2) is 11.4 Å². The molecule has 4 nitrogen and oxygen atoms in total. The molecule has 2 heterocycles. The smallest absolute Gasteiger partial charge is 0.251 e. The summed E-state index contributed by atoms with van der Waals surface area (Å²) in [7, 11) is 3.42. The van der Waals surface area contributed by atoms with Crippen LogP contribution in [0.25, 0.3) is 10.2 Å². The molecule has 0 unspecified atom stereocenters. The van der Waals surface area contributed by atoms with Crippen LogP contribution in [0, 0.1) is 0 Å².